The third-order valence-corrected chi connectivity index (χ3v) is 3.56. The highest BCUT2D eigenvalue weighted by molar-refractivity contribution is 6.69. The van der Waals surface area contributed by atoms with Crippen molar-refractivity contribution in [1.29, 1.82) is 0 Å². The van der Waals surface area contributed by atoms with E-state index < -0.39 is 8.32 Å². The Morgan fingerprint density at radius 3 is 2.69 bits per heavy atom. The Morgan fingerprint density at radius 2 is 2.06 bits per heavy atom. The second-order valence-corrected chi connectivity index (χ2v) is 9.98. The SMILES string of the molecule is CCCCCC1CC=CC(O[Si](C)(C)C)O1. The lowest BCUT2D eigenvalue weighted by molar-refractivity contribution is -0.102. The molecule has 3 heteroatoms. The third-order valence-electron chi connectivity index (χ3n) is 2.62. The lowest BCUT2D eigenvalue weighted by atomic mass is 10.1. The first kappa shape index (κ1) is 13.9. The second kappa shape index (κ2) is 6.57. The molecule has 0 N–H and O–H groups in total. The topological polar surface area (TPSA) is 18.5 Å². The molecule has 1 rings (SSSR count). The molecule has 2 nitrogen and oxygen atoms in total. The van der Waals surface area contributed by atoms with Gasteiger partial charge in [0.1, 0.15) is 0 Å². The molecule has 0 bridgehead atoms. The van der Waals surface area contributed by atoms with Crippen LogP contribution in [0.15, 0.2) is 12.2 Å². The summed E-state index contributed by atoms with van der Waals surface area (Å²) in [5, 5.41) is 0. The lowest BCUT2D eigenvalue weighted by Gasteiger charge is -2.30. The molecule has 1 heterocycles. The van der Waals surface area contributed by atoms with Crippen molar-refractivity contribution < 1.29 is 9.16 Å². The molecule has 16 heavy (non-hydrogen) atoms. The van der Waals surface area contributed by atoms with Gasteiger partial charge in [0.05, 0.1) is 6.10 Å². The van der Waals surface area contributed by atoms with E-state index in [9.17, 15) is 0 Å². The summed E-state index contributed by atoms with van der Waals surface area (Å²) in [6, 6.07) is 0. The zero-order chi connectivity index (χ0) is 12.0. The molecule has 0 saturated carbocycles. The first-order valence-electron chi connectivity index (χ1n) is 6.51. The van der Waals surface area contributed by atoms with Crippen LogP contribution < -0.4 is 0 Å². The van der Waals surface area contributed by atoms with Crippen LogP contribution in [0.3, 0.4) is 0 Å². The average Bonchev–Trinajstić information content (AvgIpc) is 2.16. The molecule has 0 radical (unpaired) electrons. The van der Waals surface area contributed by atoms with Gasteiger partial charge in [-0.3, -0.25) is 0 Å². The Kier molecular flexibility index (Phi) is 5.73. The quantitative estimate of drug-likeness (QED) is 0.397. The van der Waals surface area contributed by atoms with Gasteiger partial charge in [-0.05, 0) is 38.6 Å². The number of ether oxygens (including phenoxy) is 1. The van der Waals surface area contributed by atoms with Crippen LogP contribution in [-0.4, -0.2) is 20.7 Å². The van der Waals surface area contributed by atoms with Crippen LogP contribution in [0.4, 0.5) is 0 Å². The fourth-order valence-electron chi connectivity index (χ4n) is 1.86. The fraction of sp³-hybridized carbons (Fsp3) is 0.846. The maximum Gasteiger partial charge on any atom is 0.187 e. The number of rotatable bonds is 6. The number of unbranched alkanes of at least 4 members (excludes halogenated alkanes) is 2. The monoisotopic (exact) mass is 242 g/mol. The van der Waals surface area contributed by atoms with Crippen LogP contribution in [0, 0.1) is 0 Å². The molecule has 1 aliphatic rings. The molecule has 0 saturated heterocycles. The third kappa shape index (κ3) is 5.82. The van der Waals surface area contributed by atoms with E-state index in [1.54, 1.807) is 0 Å². The van der Waals surface area contributed by atoms with E-state index in [0.717, 1.165) is 6.42 Å². The highest BCUT2D eigenvalue weighted by Gasteiger charge is 2.24. The van der Waals surface area contributed by atoms with Gasteiger partial charge in [0.15, 0.2) is 14.6 Å². The highest BCUT2D eigenvalue weighted by Crippen LogP contribution is 2.21. The van der Waals surface area contributed by atoms with Crippen LogP contribution >= 0.6 is 0 Å². The molecule has 0 aromatic rings. The van der Waals surface area contributed by atoms with Gasteiger partial charge < -0.3 is 9.16 Å². The zero-order valence-electron chi connectivity index (χ0n) is 11.2. The van der Waals surface area contributed by atoms with E-state index in [-0.39, 0.29) is 6.29 Å². The molecule has 2 unspecified atom stereocenters. The summed E-state index contributed by atoms with van der Waals surface area (Å²) in [6.07, 6.45) is 10.6. The Morgan fingerprint density at radius 1 is 1.31 bits per heavy atom. The minimum atomic E-state index is -1.49. The normalized spacial score (nSPS) is 26.0. The van der Waals surface area contributed by atoms with Crippen LogP contribution in [0.1, 0.15) is 39.0 Å². The van der Waals surface area contributed by atoms with E-state index in [1.807, 2.05) is 0 Å². The Bertz CT molecular complexity index is 220. The largest absolute Gasteiger partial charge is 0.390 e. The summed E-state index contributed by atoms with van der Waals surface area (Å²) in [6.45, 7) is 8.83. The van der Waals surface area contributed by atoms with Crippen LogP contribution in [0.25, 0.3) is 0 Å². The summed E-state index contributed by atoms with van der Waals surface area (Å²) in [5.74, 6) is 0. The van der Waals surface area contributed by atoms with E-state index in [2.05, 4.69) is 38.7 Å². The van der Waals surface area contributed by atoms with E-state index >= 15 is 0 Å². The van der Waals surface area contributed by atoms with Gasteiger partial charge in [-0.25, -0.2) is 0 Å². The van der Waals surface area contributed by atoms with Gasteiger partial charge in [0.2, 0.25) is 0 Å². The molecular weight excluding hydrogens is 216 g/mol. The summed E-state index contributed by atoms with van der Waals surface area (Å²) in [5.41, 5.74) is 0. The fourth-order valence-corrected chi connectivity index (χ4v) is 2.69. The standard InChI is InChI=1S/C13H26O2Si/c1-5-6-7-9-12-10-8-11-13(14-12)15-16(2,3)4/h8,11-13H,5-7,9-10H2,1-4H3. The minimum absolute atomic E-state index is 0.0907. The van der Waals surface area contributed by atoms with Crippen molar-refractivity contribution in [2.24, 2.45) is 0 Å². The molecule has 0 aliphatic carbocycles. The van der Waals surface area contributed by atoms with E-state index in [4.69, 9.17) is 9.16 Å². The Balaban J connectivity index is 2.30. The maximum absolute atomic E-state index is 5.95. The van der Waals surface area contributed by atoms with Gasteiger partial charge >= 0.3 is 0 Å². The van der Waals surface area contributed by atoms with Crippen LogP contribution in [0.5, 0.6) is 0 Å². The molecule has 2 atom stereocenters. The summed E-state index contributed by atoms with van der Waals surface area (Å²) < 4.78 is 11.9. The van der Waals surface area contributed by atoms with Gasteiger partial charge in [0, 0.05) is 0 Å². The number of hydrogen-bond acceptors (Lipinski definition) is 2. The first-order valence-corrected chi connectivity index (χ1v) is 9.92. The van der Waals surface area contributed by atoms with Crippen molar-refractivity contribution in [2.75, 3.05) is 0 Å². The predicted molar refractivity (Wildman–Crippen MR) is 71.0 cm³/mol. The van der Waals surface area contributed by atoms with Crippen molar-refractivity contribution in [2.45, 2.75) is 71.1 Å². The molecule has 0 aromatic heterocycles. The summed E-state index contributed by atoms with van der Waals surface area (Å²) >= 11 is 0. The van der Waals surface area contributed by atoms with Crippen molar-refractivity contribution in [3.63, 3.8) is 0 Å². The molecule has 0 spiro atoms. The van der Waals surface area contributed by atoms with E-state index in [0.29, 0.717) is 6.10 Å². The van der Waals surface area contributed by atoms with E-state index in [1.165, 1.54) is 25.7 Å². The molecule has 0 amide bonds. The van der Waals surface area contributed by atoms with Crippen molar-refractivity contribution in [1.82, 2.24) is 0 Å². The summed E-state index contributed by atoms with van der Waals surface area (Å²) in [4.78, 5) is 0. The average molecular weight is 242 g/mol. The smallest absolute Gasteiger partial charge is 0.187 e. The molecule has 1 aliphatic heterocycles. The Labute approximate surface area is 101 Å². The molecule has 0 aromatic carbocycles. The van der Waals surface area contributed by atoms with Gasteiger partial charge in [-0.1, -0.05) is 32.3 Å². The maximum atomic E-state index is 5.95. The lowest BCUT2D eigenvalue weighted by Crippen LogP contribution is -2.36. The van der Waals surface area contributed by atoms with Crippen molar-refractivity contribution >= 4 is 8.32 Å². The first-order chi connectivity index (χ1) is 7.51. The minimum Gasteiger partial charge on any atom is -0.390 e. The second-order valence-electron chi connectivity index (χ2n) is 5.52. The van der Waals surface area contributed by atoms with Crippen molar-refractivity contribution in [3.05, 3.63) is 12.2 Å². The van der Waals surface area contributed by atoms with Crippen LogP contribution in [-0.2, 0) is 9.16 Å². The summed E-state index contributed by atoms with van der Waals surface area (Å²) in [7, 11) is -1.49. The molecule has 94 valence electrons. The highest BCUT2D eigenvalue weighted by atomic mass is 28.4. The molecular formula is C13H26O2Si. The zero-order valence-corrected chi connectivity index (χ0v) is 12.2. The Hall–Kier alpha value is -0.123. The van der Waals surface area contributed by atoms with Gasteiger partial charge in [-0.15, -0.1) is 0 Å². The predicted octanol–water partition coefficient (Wildman–Crippen LogP) is 4.09. The molecule has 0 fully saturated rings. The van der Waals surface area contributed by atoms with Gasteiger partial charge in [-0.2, -0.15) is 0 Å². The van der Waals surface area contributed by atoms with Crippen LogP contribution in [0.2, 0.25) is 19.6 Å². The van der Waals surface area contributed by atoms with Gasteiger partial charge in [0.25, 0.3) is 0 Å². The van der Waals surface area contributed by atoms with Crippen molar-refractivity contribution in [3.8, 4) is 0 Å². The number of hydrogen-bond donors (Lipinski definition) is 0.